The Labute approximate surface area is 328 Å². The highest BCUT2D eigenvalue weighted by molar-refractivity contribution is 6.12. The normalized spacial score (nSPS) is 11.7. The number of nitriles is 2. The summed E-state index contributed by atoms with van der Waals surface area (Å²) in [5.41, 5.74) is 5.03. The molecule has 0 saturated heterocycles. The van der Waals surface area contributed by atoms with Crippen LogP contribution in [-0.4, -0.2) is 29.1 Å². The summed E-state index contributed by atoms with van der Waals surface area (Å²) in [5.74, 6) is 1.01. The third kappa shape index (κ3) is 5.53. The Balaban J connectivity index is 1.34. The highest BCUT2D eigenvalue weighted by atomic mass is 19.4. The number of para-hydroxylation sites is 2. The van der Waals surface area contributed by atoms with Crippen LogP contribution in [0.3, 0.4) is 0 Å². The third-order valence-electron chi connectivity index (χ3n) is 10.4. The van der Waals surface area contributed by atoms with Crippen LogP contribution in [0.15, 0.2) is 152 Å². The summed E-state index contributed by atoms with van der Waals surface area (Å²) in [6, 6.07) is 41.9. The number of nitrogens with zero attached hydrogens (tertiary/aromatic N) is 8. The van der Waals surface area contributed by atoms with Crippen LogP contribution >= 0.6 is 0 Å². The van der Waals surface area contributed by atoms with Gasteiger partial charge in [-0.2, -0.15) is 23.7 Å². The Hall–Kier alpha value is -8.15. The van der Waals surface area contributed by atoms with E-state index in [1.165, 1.54) is 6.07 Å². The molecular formula is C47H25F3N8. The molecule has 4 heterocycles. The lowest BCUT2D eigenvalue weighted by molar-refractivity contribution is -0.137. The first-order chi connectivity index (χ1) is 28.3. The molecule has 0 N–H and O–H groups in total. The number of aromatic nitrogens is 6. The fourth-order valence-electron chi connectivity index (χ4n) is 7.91. The number of halogens is 3. The number of hydrogen-bond acceptors (Lipinski definition) is 6. The van der Waals surface area contributed by atoms with Crippen LogP contribution in [0.5, 0.6) is 0 Å². The van der Waals surface area contributed by atoms with E-state index >= 15 is 0 Å². The summed E-state index contributed by atoms with van der Waals surface area (Å²) in [6.45, 7) is 0. The minimum absolute atomic E-state index is 0.153. The smallest absolute Gasteiger partial charge is 0.309 e. The molecule has 0 unspecified atom stereocenters. The monoisotopic (exact) mass is 758 g/mol. The van der Waals surface area contributed by atoms with Crippen LogP contribution in [0, 0.1) is 22.7 Å². The third-order valence-corrected chi connectivity index (χ3v) is 10.4. The maximum absolute atomic E-state index is 14.6. The van der Waals surface area contributed by atoms with E-state index in [2.05, 4.69) is 26.0 Å². The lowest BCUT2D eigenvalue weighted by Gasteiger charge is -2.20. The zero-order valence-electron chi connectivity index (χ0n) is 30.1. The summed E-state index contributed by atoms with van der Waals surface area (Å²) < 4.78 is 47.6. The quantitative estimate of drug-likeness (QED) is 0.173. The van der Waals surface area contributed by atoms with Gasteiger partial charge in [-0.15, -0.1) is 0 Å². The first-order valence-electron chi connectivity index (χ1n) is 18.1. The Morgan fingerprint density at radius 3 is 1.50 bits per heavy atom. The second kappa shape index (κ2) is 13.3. The van der Waals surface area contributed by atoms with Gasteiger partial charge in [-0.1, -0.05) is 60.7 Å². The van der Waals surface area contributed by atoms with Gasteiger partial charge in [0.25, 0.3) is 0 Å². The molecule has 0 bridgehead atoms. The number of rotatable bonds is 5. The summed E-state index contributed by atoms with van der Waals surface area (Å²) >= 11 is 0. The van der Waals surface area contributed by atoms with Gasteiger partial charge in [-0.25, -0.2) is 19.9 Å². The molecule has 0 aliphatic carbocycles. The molecule has 4 aromatic heterocycles. The van der Waals surface area contributed by atoms with Crippen LogP contribution in [0.4, 0.5) is 13.2 Å². The molecule has 0 saturated carbocycles. The van der Waals surface area contributed by atoms with Crippen LogP contribution in [-0.2, 0) is 6.18 Å². The Kier molecular flexibility index (Phi) is 7.85. The highest BCUT2D eigenvalue weighted by Gasteiger charge is 2.32. The van der Waals surface area contributed by atoms with Gasteiger partial charge >= 0.3 is 6.18 Å². The summed E-state index contributed by atoms with van der Waals surface area (Å²) in [7, 11) is 0. The molecule has 0 amide bonds. The van der Waals surface area contributed by atoms with Gasteiger partial charge in [0.1, 0.15) is 6.07 Å². The van der Waals surface area contributed by atoms with Crippen molar-refractivity contribution < 1.29 is 13.2 Å². The molecule has 0 aliphatic heterocycles. The van der Waals surface area contributed by atoms with E-state index in [9.17, 15) is 23.7 Å². The summed E-state index contributed by atoms with van der Waals surface area (Å²) in [5, 5.41) is 24.6. The lowest BCUT2D eigenvalue weighted by Crippen LogP contribution is -2.07. The fourth-order valence-corrected chi connectivity index (χ4v) is 7.91. The number of benzene rings is 6. The van der Waals surface area contributed by atoms with Crippen molar-refractivity contribution in [3.05, 3.63) is 169 Å². The number of hydrogen-bond donors (Lipinski definition) is 0. The van der Waals surface area contributed by atoms with Gasteiger partial charge in [0.15, 0.2) is 11.6 Å². The molecule has 10 aromatic rings. The SMILES string of the molecule is N#Cc1cc(-c2cc(-n3c4ccccc4c4ccc(-c5ncccn5)cc43)c(C#N)cc2-n2c3ccccc3c3ccc(-c4ncccn4)cc32)cc(C(F)(F)F)c1. The van der Waals surface area contributed by atoms with E-state index in [0.29, 0.717) is 28.6 Å². The van der Waals surface area contributed by atoms with Gasteiger partial charge in [-0.3, -0.25) is 0 Å². The van der Waals surface area contributed by atoms with Crippen LogP contribution in [0.2, 0.25) is 0 Å². The molecule has 11 heteroatoms. The van der Waals surface area contributed by atoms with Crippen molar-refractivity contribution in [2.75, 3.05) is 0 Å². The Morgan fingerprint density at radius 1 is 0.466 bits per heavy atom. The first kappa shape index (κ1) is 34.3. The molecule has 8 nitrogen and oxygen atoms in total. The average molecular weight is 759 g/mol. The molecule has 274 valence electrons. The molecule has 10 rings (SSSR count). The van der Waals surface area contributed by atoms with Gasteiger partial charge < -0.3 is 9.13 Å². The van der Waals surface area contributed by atoms with Crippen molar-refractivity contribution in [1.82, 2.24) is 29.1 Å². The van der Waals surface area contributed by atoms with Crippen LogP contribution < -0.4 is 0 Å². The Morgan fingerprint density at radius 2 is 0.983 bits per heavy atom. The van der Waals surface area contributed by atoms with Gasteiger partial charge in [0.2, 0.25) is 0 Å². The molecule has 0 fully saturated rings. The largest absolute Gasteiger partial charge is 0.416 e. The standard InChI is InChI=1S/C47H25F3N8/c48-47(49,50)33-20-28(26-51)19-31(21-33)38-25-41(57-39-9-3-1-7-34(39)36-13-11-29(22-42(36)57)45-53-15-5-16-54-45)32(27-52)24-44(38)58-40-10-4-2-8-35(40)37-14-12-30(23-43(37)58)46-55-17-6-18-56-46/h1-25H. The summed E-state index contributed by atoms with van der Waals surface area (Å²) in [6.07, 6.45) is 1.90. The maximum atomic E-state index is 14.6. The van der Waals surface area contributed by atoms with Crippen LogP contribution in [0.25, 0.3) is 88.9 Å². The predicted octanol–water partition coefficient (Wildman–Crippen LogP) is 11.2. The topological polar surface area (TPSA) is 109 Å². The molecule has 0 spiro atoms. The maximum Gasteiger partial charge on any atom is 0.416 e. The van der Waals surface area contributed by atoms with Crippen molar-refractivity contribution in [3.8, 4) is 57.4 Å². The first-order valence-corrected chi connectivity index (χ1v) is 18.1. The molecular weight excluding hydrogens is 734 g/mol. The number of fused-ring (bicyclic) bond motifs is 6. The molecule has 0 atom stereocenters. The molecule has 6 aromatic carbocycles. The minimum atomic E-state index is -4.74. The number of alkyl halides is 3. The highest BCUT2D eigenvalue weighted by Crippen LogP contribution is 2.43. The summed E-state index contributed by atoms with van der Waals surface area (Å²) in [4.78, 5) is 17.8. The van der Waals surface area contributed by atoms with Crippen molar-refractivity contribution in [1.29, 1.82) is 10.5 Å². The van der Waals surface area contributed by atoms with E-state index in [0.717, 1.165) is 66.9 Å². The van der Waals surface area contributed by atoms with Crippen molar-refractivity contribution in [3.63, 3.8) is 0 Å². The second-order valence-electron chi connectivity index (χ2n) is 13.7. The fraction of sp³-hybridized carbons (Fsp3) is 0.0213. The molecule has 58 heavy (non-hydrogen) atoms. The van der Waals surface area contributed by atoms with E-state index in [1.54, 1.807) is 49.1 Å². The lowest BCUT2D eigenvalue weighted by atomic mass is 9.95. The van der Waals surface area contributed by atoms with E-state index < -0.39 is 11.7 Å². The minimum Gasteiger partial charge on any atom is -0.309 e. The van der Waals surface area contributed by atoms with Gasteiger partial charge in [-0.05, 0) is 72.3 Å². The van der Waals surface area contributed by atoms with Crippen molar-refractivity contribution >= 4 is 43.6 Å². The predicted molar refractivity (Wildman–Crippen MR) is 217 cm³/mol. The molecule has 0 radical (unpaired) electrons. The zero-order valence-corrected chi connectivity index (χ0v) is 30.1. The van der Waals surface area contributed by atoms with Gasteiger partial charge in [0, 0.05) is 63.0 Å². The van der Waals surface area contributed by atoms with E-state index in [1.807, 2.05) is 100 Å². The molecule has 0 aliphatic rings. The van der Waals surface area contributed by atoms with E-state index in [4.69, 9.17) is 0 Å². The van der Waals surface area contributed by atoms with Crippen molar-refractivity contribution in [2.24, 2.45) is 0 Å². The zero-order chi connectivity index (χ0) is 39.5. The van der Waals surface area contributed by atoms with E-state index in [-0.39, 0.29) is 16.7 Å². The van der Waals surface area contributed by atoms with Crippen LogP contribution in [0.1, 0.15) is 16.7 Å². The van der Waals surface area contributed by atoms with Crippen molar-refractivity contribution in [2.45, 2.75) is 6.18 Å². The average Bonchev–Trinajstić information content (AvgIpc) is 3.78. The Bertz CT molecular complexity index is 3360. The second-order valence-corrected chi connectivity index (χ2v) is 13.7. The van der Waals surface area contributed by atoms with Gasteiger partial charge in [0.05, 0.1) is 56.2 Å².